The van der Waals surface area contributed by atoms with Crippen LogP contribution >= 0.6 is 0 Å². The van der Waals surface area contributed by atoms with E-state index in [-0.39, 0.29) is 17.7 Å². The van der Waals surface area contributed by atoms with Crippen LogP contribution in [-0.4, -0.2) is 44.4 Å². The van der Waals surface area contributed by atoms with Gasteiger partial charge in [-0.2, -0.15) is 0 Å². The Balaban J connectivity index is 2.15. The first kappa shape index (κ1) is 26.1. The summed E-state index contributed by atoms with van der Waals surface area (Å²) in [7, 11) is -2.57. The maximum Gasteiger partial charge on any atom is 0.407 e. The number of aliphatic hydroxyl groups is 1. The first-order valence-electron chi connectivity index (χ1n) is 11.3. The summed E-state index contributed by atoms with van der Waals surface area (Å²) in [6, 6.07) is 20.7. The smallest absolute Gasteiger partial charge is 0.407 e. The van der Waals surface area contributed by atoms with Crippen LogP contribution in [0.2, 0.25) is 5.04 Å². The van der Waals surface area contributed by atoms with Gasteiger partial charge in [-0.3, -0.25) is 0 Å². The van der Waals surface area contributed by atoms with Gasteiger partial charge >= 0.3 is 6.09 Å². The molecule has 0 saturated carbocycles. The highest BCUT2D eigenvalue weighted by atomic mass is 28.4. The maximum absolute atomic E-state index is 12.1. The lowest BCUT2D eigenvalue weighted by molar-refractivity contribution is 0.0476. The van der Waals surface area contributed by atoms with Gasteiger partial charge in [0.25, 0.3) is 8.32 Å². The average Bonchev–Trinajstić information content (AvgIpc) is 2.72. The topological polar surface area (TPSA) is 67.8 Å². The molecule has 0 aliphatic heterocycles. The van der Waals surface area contributed by atoms with E-state index in [0.717, 1.165) is 0 Å². The Bertz CT molecular complexity index is 789. The van der Waals surface area contributed by atoms with E-state index in [2.05, 4.69) is 74.6 Å². The number of ether oxygens (including phenoxy) is 1. The van der Waals surface area contributed by atoms with Crippen LogP contribution in [0.1, 0.15) is 54.4 Å². The predicted molar refractivity (Wildman–Crippen MR) is 133 cm³/mol. The molecule has 0 heterocycles. The fourth-order valence-electron chi connectivity index (χ4n) is 4.00. The molecule has 1 atom stereocenters. The van der Waals surface area contributed by atoms with Crippen LogP contribution in [0.15, 0.2) is 60.7 Å². The molecule has 1 amide bonds. The molecule has 2 rings (SSSR count). The molecule has 176 valence electrons. The SMILES string of the molecule is CC(C)(C)OC(=O)NC(CO)CCCO[Si](c1ccccc1)(c1ccccc1)C(C)(C)C. The highest BCUT2D eigenvalue weighted by molar-refractivity contribution is 6.99. The molecule has 0 aromatic heterocycles. The van der Waals surface area contributed by atoms with Gasteiger partial charge in [0.05, 0.1) is 12.6 Å². The summed E-state index contributed by atoms with van der Waals surface area (Å²) >= 11 is 0. The zero-order valence-corrected chi connectivity index (χ0v) is 21.4. The lowest BCUT2D eigenvalue weighted by atomic mass is 10.2. The number of hydrogen-bond donors (Lipinski definition) is 2. The molecule has 5 nitrogen and oxygen atoms in total. The number of carbonyl (C=O) groups excluding carboxylic acids is 1. The van der Waals surface area contributed by atoms with E-state index in [4.69, 9.17) is 9.16 Å². The second-order valence-electron chi connectivity index (χ2n) is 10.2. The van der Waals surface area contributed by atoms with Crippen molar-refractivity contribution < 1.29 is 19.1 Å². The largest absolute Gasteiger partial charge is 0.444 e. The minimum absolute atomic E-state index is 0.0825. The van der Waals surface area contributed by atoms with Crippen LogP contribution in [0.3, 0.4) is 0 Å². The molecule has 0 saturated heterocycles. The van der Waals surface area contributed by atoms with Crippen molar-refractivity contribution in [3.8, 4) is 0 Å². The van der Waals surface area contributed by atoms with Crippen LogP contribution in [0.25, 0.3) is 0 Å². The molecule has 0 aliphatic rings. The third kappa shape index (κ3) is 6.92. The number of rotatable bonds is 9. The zero-order valence-electron chi connectivity index (χ0n) is 20.4. The Morgan fingerprint density at radius 1 is 0.938 bits per heavy atom. The lowest BCUT2D eigenvalue weighted by Gasteiger charge is -2.43. The van der Waals surface area contributed by atoms with E-state index < -0.39 is 20.0 Å². The summed E-state index contributed by atoms with van der Waals surface area (Å²) in [5, 5.41) is 14.9. The van der Waals surface area contributed by atoms with E-state index >= 15 is 0 Å². The highest BCUT2D eigenvalue weighted by Gasteiger charge is 2.49. The standard InChI is InChI=1S/C26H39NO4Si/c1-25(2,3)31-24(29)27-21(20-28)14-13-19-30-32(26(4,5)6,22-15-9-7-10-16-22)23-17-11-8-12-18-23/h7-12,15-18,21,28H,13-14,19-20H2,1-6H3,(H,27,29). The van der Waals surface area contributed by atoms with Gasteiger partial charge in [-0.1, -0.05) is 81.4 Å². The molecular weight excluding hydrogens is 418 g/mol. The number of hydrogen-bond acceptors (Lipinski definition) is 4. The van der Waals surface area contributed by atoms with Crippen molar-refractivity contribution in [2.75, 3.05) is 13.2 Å². The van der Waals surface area contributed by atoms with Crippen molar-refractivity contribution in [1.82, 2.24) is 5.32 Å². The van der Waals surface area contributed by atoms with Crippen molar-refractivity contribution in [2.45, 2.75) is 71.1 Å². The molecule has 0 aliphatic carbocycles. The van der Waals surface area contributed by atoms with Gasteiger partial charge in [-0.15, -0.1) is 0 Å². The molecule has 32 heavy (non-hydrogen) atoms. The Morgan fingerprint density at radius 2 is 1.44 bits per heavy atom. The monoisotopic (exact) mass is 457 g/mol. The van der Waals surface area contributed by atoms with E-state index in [9.17, 15) is 9.90 Å². The molecule has 2 aromatic carbocycles. The normalized spacial score (nSPS) is 13.5. The number of nitrogens with one attached hydrogen (secondary N) is 1. The molecular formula is C26H39NO4Si. The van der Waals surface area contributed by atoms with Crippen LogP contribution in [0.4, 0.5) is 4.79 Å². The molecule has 2 N–H and O–H groups in total. The van der Waals surface area contributed by atoms with E-state index in [1.54, 1.807) is 0 Å². The summed E-state index contributed by atoms with van der Waals surface area (Å²) in [4.78, 5) is 12.1. The first-order chi connectivity index (χ1) is 15.0. The minimum Gasteiger partial charge on any atom is -0.444 e. The number of alkyl carbamates (subject to hydrolysis) is 1. The molecule has 0 bridgehead atoms. The Kier molecular flexibility index (Phi) is 9.07. The minimum atomic E-state index is -2.57. The van der Waals surface area contributed by atoms with Gasteiger partial charge in [0.15, 0.2) is 0 Å². The molecule has 1 unspecified atom stereocenters. The van der Waals surface area contributed by atoms with Crippen LogP contribution in [0.5, 0.6) is 0 Å². The molecule has 2 aromatic rings. The number of amides is 1. The van der Waals surface area contributed by atoms with Gasteiger partial charge < -0.3 is 19.6 Å². The summed E-state index contributed by atoms with van der Waals surface area (Å²) in [5.74, 6) is 0. The van der Waals surface area contributed by atoms with Gasteiger partial charge in [0.2, 0.25) is 0 Å². The fraction of sp³-hybridized carbons (Fsp3) is 0.500. The fourth-order valence-corrected chi connectivity index (χ4v) is 8.61. The van der Waals surface area contributed by atoms with Crippen molar-refractivity contribution >= 4 is 24.8 Å². The third-order valence-electron chi connectivity index (χ3n) is 5.37. The number of carbonyl (C=O) groups is 1. The van der Waals surface area contributed by atoms with Crippen molar-refractivity contribution in [1.29, 1.82) is 0 Å². The lowest BCUT2D eigenvalue weighted by Crippen LogP contribution is -2.66. The van der Waals surface area contributed by atoms with Gasteiger partial charge in [0, 0.05) is 6.61 Å². The van der Waals surface area contributed by atoms with Crippen molar-refractivity contribution in [3.63, 3.8) is 0 Å². The molecule has 0 spiro atoms. The van der Waals surface area contributed by atoms with Crippen molar-refractivity contribution in [2.24, 2.45) is 0 Å². The summed E-state index contributed by atoms with van der Waals surface area (Å²) < 4.78 is 12.2. The summed E-state index contributed by atoms with van der Waals surface area (Å²) in [5.41, 5.74) is -0.573. The van der Waals surface area contributed by atoms with Gasteiger partial charge in [-0.25, -0.2) is 4.79 Å². The first-order valence-corrected chi connectivity index (χ1v) is 13.3. The summed E-state index contributed by atoms with van der Waals surface area (Å²) in [6.45, 7) is 12.6. The molecule has 6 heteroatoms. The van der Waals surface area contributed by atoms with Gasteiger partial charge in [0.1, 0.15) is 5.60 Å². The maximum atomic E-state index is 12.1. The van der Waals surface area contributed by atoms with Crippen molar-refractivity contribution in [3.05, 3.63) is 60.7 Å². The molecule has 0 fully saturated rings. The van der Waals surface area contributed by atoms with Crippen LogP contribution in [0, 0.1) is 0 Å². The molecule has 0 radical (unpaired) electrons. The van der Waals surface area contributed by atoms with Crippen LogP contribution in [-0.2, 0) is 9.16 Å². The van der Waals surface area contributed by atoms with Crippen LogP contribution < -0.4 is 15.7 Å². The van der Waals surface area contributed by atoms with E-state index in [1.165, 1.54) is 10.4 Å². The average molecular weight is 458 g/mol. The predicted octanol–water partition coefficient (Wildman–Crippen LogP) is 4.23. The highest BCUT2D eigenvalue weighted by Crippen LogP contribution is 2.36. The van der Waals surface area contributed by atoms with E-state index in [1.807, 2.05) is 32.9 Å². The second-order valence-corrected chi connectivity index (χ2v) is 14.5. The third-order valence-corrected chi connectivity index (χ3v) is 10.4. The Labute approximate surface area is 194 Å². The number of aliphatic hydroxyl groups excluding tert-OH is 1. The Morgan fingerprint density at radius 3 is 1.84 bits per heavy atom. The van der Waals surface area contributed by atoms with E-state index in [0.29, 0.717) is 19.4 Å². The summed E-state index contributed by atoms with van der Waals surface area (Å²) in [6.07, 6.45) is 0.809. The zero-order chi connectivity index (χ0) is 23.8. The Hall–Kier alpha value is -2.15. The van der Waals surface area contributed by atoms with Gasteiger partial charge in [-0.05, 0) is 49.0 Å². The number of benzene rings is 2. The second kappa shape index (κ2) is 11.1. The quantitative estimate of drug-likeness (QED) is 0.437.